The van der Waals surface area contributed by atoms with Gasteiger partial charge in [-0.3, -0.25) is 4.98 Å². The molecule has 0 saturated carbocycles. The summed E-state index contributed by atoms with van der Waals surface area (Å²) in [5.74, 6) is 1.25. The summed E-state index contributed by atoms with van der Waals surface area (Å²) >= 11 is 6.00. The molecule has 0 unspecified atom stereocenters. The number of benzene rings is 1. The highest BCUT2D eigenvalue weighted by atomic mass is 35.5. The number of likely N-dealkylation sites (tertiary alicyclic amines) is 1. The summed E-state index contributed by atoms with van der Waals surface area (Å²) < 4.78 is 2.25. The van der Waals surface area contributed by atoms with E-state index in [4.69, 9.17) is 16.6 Å². The van der Waals surface area contributed by atoms with Gasteiger partial charge in [0.15, 0.2) is 0 Å². The minimum Gasteiger partial charge on any atom is -0.324 e. The maximum absolute atomic E-state index is 12.8. The second-order valence-corrected chi connectivity index (χ2v) is 8.06. The molecule has 0 bridgehead atoms. The third kappa shape index (κ3) is 3.44. The van der Waals surface area contributed by atoms with E-state index >= 15 is 0 Å². The Labute approximate surface area is 169 Å². The highest BCUT2D eigenvalue weighted by molar-refractivity contribution is 6.30. The number of aryl methyl sites for hydroxylation is 1. The van der Waals surface area contributed by atoms with Crippen molar-refractivity contribution < 1.29 is 4.79 Å². The van der Waals surface area contributed by atoms with Crippen LogP contribution in [0.15, 0.2) is 36.7 Å². The maximum atomic E-state index is 12.8. The van der Waals surface area contributed by atoms with Crippen molar-refractivity contribution in [2.24, 2.45) is 0 Å². The lowest BCUT2D eigenvalue weighted by Gasteiger charge is -2.19. The smallest absolute Gasteiger partial charge is 0.321 e. The topological polar surface area (TPSA) is 63.1 Å². The summed E-state index contributed by atoms with van der Waals surface area (Å²) in [4.78, 5) is 23.7. The number of hydrogen-bond donors (Lipinski definition) is 1. The molecule has 0 radical (unpaired) electrons. The molecule has 4 rings (SSSR count). The lowest BCUT2D eigenvalue weighted by molar-refractivity contribution is 0.222. The van der Waals surface area contributed by atoms with E-state index in [2.05, 4.69) is 28.7 Å². The number of urea groups is 1. The molecule has 1 saturated heterocycles. The number of halogens is 1. The fourth-order valence-electron chi connectivity index (χ4n) is 3.91. The van der Waals surface area contributed by atoms with Gasteiger partial charge >= 0.3 is 6.03 Å². The first-order chi connectivity index (χ1) is 13.4. The molecule has 0 spiro atoms. The van der Waals surface area contributed by atoms with E-state index in [0.717, 1.165) is 34.5 Å². The van der Waals surface area contributed by atoms with Crippen molar-refractivity contribution in [1.29, 1.82) is 0 Å². The van der Waals surface area contributed by atoms with E-state index in [1.165, 1.54) is 0 Å². The zero-order valence-corrected chi connectivity index (χ0v) is 17.1. The van der Waals surface area contributed by atoms with Crippen LogP contribution in [0.5, 0.6) is 0 Å². The van der Waals surface area contributed by atoms with E-state index in [1.54, 1.807) is 12.3 Å². The molecular formula is C21H24ClN5O. The summed E-state index contributed by atoms with van der Waals surface area (Å²) in [6.45, 7) is 7.61. The Balaban J connectivity index is 1.53. The number of pyridine rings is 1. The number of aromatic nitrogens is 3. The second-order valence-electron chi connectivity index (χ2n) is 7.62. The molecule has 146 valence electrons. The van der Waals surface area contributed by atoms with Crippen molar-refractivity contribution in [2.45, 2.75) is 39.2 Å². The Morgan fingerprint density at radius 2 is 2.14 bits per heavy atom. The SMILES string of the molecule is Cc1cc(Cl)ccc1NC(=O)N1CC[C@@H](c2nc3ccncc3n2C(C)C)C1. The molecule has 3 heterocycles. The normalized spacial score (nSPS) is 16.9. The molecular weight excluding hydrogens is 374 g/mol. The summed E-state index contributed by atoms with van der Waals surface area (Å²) in [6, 6.07) is 7.62. The van der Waals surface area contributed by atoms with Gasteiger partial charge in [-0.25, -0.2) is 9.78 Å². The number of imidazole rings is 1. The number of carbonyl (C=O) groups is 1. The van der Waals surface area contributed by atoms with Crippen molar-refractivity contribution in [3.63, 3.8) is 0 Å². The molecule has 3 aromatic rings. The Morgan fingerprint density at radius 3 is 2.89 bits per heavy atom. The Kier molecular flexibility index (Phi) is 4.98. The van der Waals surface area contributed by atoms with Gasteiger partial charge < -0.3 is 14.8 Å². The highest BCUT2D eigenvalue weighted by Gasteiger charge is 2.31. The van der Waals surface area contributed by atoms with E-state index in [0.29, 0.717) is 18.1 Å². The molecule has 7 heteroatoms. The first-order valence-electron chi connectivity index (χ1n) is 9.58. The van der Waals surface area contributed by atoms with E-state index in [-0.39, 0.29) is 18.0 Å². The van der Waals surface area contributed by atoms with Gasteiger partial charge in [-0.05, 0) is 57.0 Å². The van der Waals surface area contributed by atoms with Crippen LogP contribution in [0.25, 0.3) is 11.0 Å². The summed E-state index contributed by atoms with van der Waals surface area (Å²) in [5.41, 5.74) is 3.75. The minimum atomic E-state index is -0.0817. The van der Waals surface area contributed by atoms with Crippen LogP contribution >= 0.6 is 11.6 Å². The monoisotopic (exact) mass is 397 g/mol. The highest BCUT2D eigenvalue weighted by Crippen LogP contribution is 2.32. The molecule has 0 aliphatic carbocycles. The standard InChI is InChI=1S/C21H24ClN5O/c1-13(2)27-19-11-23-8-6-18(19)24-20(27)15-7-9-26(12-15)21(28)25-17-5-4-16(22)10-14(17)3/h4-6,8,10-11,13,15H,7,9,12H2,1-3H3,(H,25,28)/t15-/m1/s1. The van der Waals surface area contributed by atoms with Crippen LogP contribution < -0.4 is 5.32 Å². The average molecular weight is 398 g/mol. The summed E-state index contributed by atoms with van der Waals surface area (Å²) in [6.07, 6.45) is 4.54. The summed E-state index contributed by atoms with van der Waals surface area (Å²) in [7, 11) is 0. The molecule has 2 amide bonds. The van der Waals surface area contributed by atoms with E-state index in [9.17, 15) is 4.79 Å². The van der Waals surface area contributed by atoms with Gasteiger partial charge in [-0.15, -0.1) is 0 Å². The van der Waals surface area contributed by atoms with Crippen LogP contribution in [0.2, 0.25) is 5.02 Å². The number of rotatable bonds is 3. The number of nitrogens with zero attached hydrogens (tertiary/aromatic N) is 4. The fraction of sp³-hybridized carbons (Fsp3) is 0.381. The maximum Gasteiger partial charge on any atom is 0.321 e. The van der Waals surface area contributed by atoms with Gasteiger partial charge in [0.05, 0.1) is 17.2 Å². The van der Waals surface area contributed by atoms with Crippen LogP contribution in [0.1, 0.15) is 43.6 Å². The lowest BCUT2D eigenvalue weighted by atomic mass is 10.1. The molecule has 1 atom stereocenters. The third-order valence-electron chi connectivity index (χ3n) is 5.31. The van der Waals surface area contributed by atoms with Gasteiger partial charge in [0.1, 0.15) is 5.82 Å². The van der Waals surface area contributed by atoms with Crippen LogP contribution in [0, 0.1) is 6.92 Å². The first kappa shape index (κ1) is 18.7. The number of fused-ring (bicyclic) bond motifs is 1. The van der Waals surface area contributed by atoms with Gasteiger partial charge in [0.25, 0.3) is 0 Å². The predicted octanol–water partition coefficient (Wildman–Crippen LogP) is 5.00. The molecule has 1 N–H and O–H groups in total. The minimum absolute atomic E-state index is 0.0817. The van der Waals surface area contributed by atoms with Gasteiger partial charge in [0, 0.05) is 42.0 Å². The van der Waals surface area contributed by atoms with Crippen LogP contribution in [0.3, 0.4) is 0 Å². The Bertz CT molecular complexity index is 1030. The number of carbonyl (C=O) groups excluding carboxylic acids is 1. The lowest BCUT2D eigenvalue weighted by Crippen LogP contribution is -2.33. The largest absolute Gasteiger partial charge is 0.324 e. The van der Waals surface area contributed by atoms with Crippen LogP contribution in [0.4, 0.5) is 10.5 Å². The van der Waals surface area contributed by atoms with Crippen molar-refractivity contribution in [1.82, 2.24) is 19.4 Å². The van der Waals surface area contributed by atoms with Crippen LogP contribution in [-0.2, 0) is 0 Å². The molecule has 2 aromatic heterocycles. The van der Waals surface area contributed by atoms with E-state index < -0.39 is 0 Å². The van der Waals surface area contributed by atoms with Gasteiger partial charge in [-0.1, -0.05) is 11.6 Å². The van der Waals surface area contributed by atoms with Crippen LogP contribution in [-0.4, -0.2) is 38.6 Å². The number of nitrogens with one attached hydrogen (secondary N) is 1. The van der Waals surface area contributed by atoms with E-state index in [1.807, 2.05) is 36.2 Å². The fourth-order valence-corrected chi connectivity index (χ4v) is 4.13. The molecule has 1 fully saturated rings. The quantitative estimate of drug-likeness (QED) is 0.676. The molecule has 1 aliphatic heterocycles. The van der Waals surface area contributed by atoms with Crippen molar-refractivity contribution >= 4 is 34.4 Å². The Hall–Kier alpha value is -2.60. The number of anilines is 1. The zero-order chi connectivity index (χ0) is 19.8. The zero-order valence-electron chi connectivity index (χ0n) is 16.3. The molecule has 28 heavy (non-hydrogen) atoms. The predicted molar refractivity (Wildman–Crippen MR) is 112 cm³/mol. The van der Waals surface area contributed by atoms with Crippen molar-refractivity contribution in [3.05, 3.63) is 53.1 Å². The van der Waals surface area contributed by atoms with Gasteiger partial charge in [-0.2, -0.15) is 0 Å². The number of hydrogen-bond acceptors (Lipinski definition) is 3. The third-order valence-corrected chi connectivity index (χ3v) is 5.54. The number of amides is 2. The second kappa shape index (κ2) is 7.43. The molecule has 1 aliphatic rings. The first-order valence-corrected chi connectivity index (χ1v) is 9.95. The summed E-state index contributed by atoms with van der Waals surface area (Å²) in [5, 5.41) is 3.67. The van der Waals surface area contributed by atoms with Gasteiger partial charge in [0.2, 0.25) is 0 Å². The van der Waals surface area contributed by atoms with Crippen molar-refractivity contribution in [3.8, 4) is 0 Å². The Morgan fingerprint density at radius 1 is 1.32 bits per heavy atom. The average Bonchev–Trinajstić information content (AvgIpc) is 3.28. The molecule has 6 nitrogen and oxygen atoms in total. The van der Waals surface area contributed by atoms with Crippen molar-refractivity contribution in [2.75, 3.05) is 18.4 Å². The molecule has 1 aromatic carbocycles.